The molecule has 66 valence electrons. The number of anilines is 2. The quantitative estimate of drug-likeness (QED) is 0.514. The summed E-state index contributed by atoms with van der Waals surface area (Å²) in [4.78, 5) is -0.0694. The van der Waals surface area contributed by atoms with Crippen LogP contribution in [0.15, 0.2) is 23.1 Å². The number of rotatable bonds is 1. The number of sulfonamides is 1. The predicted octanol–water partition coefficient (Wildman–Crippen LogP) is -0.502. The molecule has 0 unspecified atom stereocenters. The Morgan fingerprint density at radius 2 is 1.42 bits per heavy atom. The highest BCUT2D eigenvalue weighted by Crippen LogP contribution is 2.16. The third kappa shape index (κ3) is 1.86. The van der Waals surface area contributed by atoms with Crippen LogP contribution >= 0.6 is 0 Å². The van der Waals surface area contributed by atoms with E-state index in [1.54, 1.807) is 0 Å². The van der Waals surface area contributed by atoms with Crippen molar-refractivity contribution in [3.8, 4) is 0 Å². The van der Waals surface area contributed by atoms with Crippen molar-refractivity contribution in [2.45, 2.75) is 4.90 Å². The van der Waals surface area contributed by atoms with Crippen molar-refractivity contribution in [3.05, 3.63) is 18.2 Å². The summed E-state index contributed by atoms with van der Waals surface area (Å²) in [5, 5.41) is 4.86. The Balaban J connectivity index is 3.37. The lowest BCUT2D eigenvalue weighted by atomic mass is 10.3. The maximum absolute atomic E-state index is 10.8. The van der Waals surface area contributed by atoms with Gasteiger partial charge in [-0.3, -0.25) is 0 Å². The minimum Gasteiger partial charge on any atom is -0.399 e. The summed E-state index contributed by atoms with van der Waals surface area (Å²) >= 11 is 0. The Bertz CT molecular complexity index is 379. The van der Waals surface area contributed by atoms with Gasteiger partial charge in [0.05, 0.1) is 4.90 Å². The third-order valence-corrected chi connectivity index (χ3v) is 2.17. The number of nitrogen functional groups attached to an aromatic ring is 2. The number of benzene rings is 1. The van der Waals surface area contributed by atoms with E-state index in [1.165, 1.54) is 18.2 Å². The van der Waals surface area contributed by atoms with E-state index in [4.69, 9.17) is 16.6 Å². The van der Waals surface area contributed by atoms with E-state index in [-0.39, 0.29) is 16.3 Å². The van der Waals surface area contributed by atoms with Crippen LogP contribution < -0.4 is 16.6 Å². The molecule has 0 saturated heterocycles. The number of hydrogen-bond acceptors (Lipinski definition) is 4. The molecule has 1 aromatic carbocycles. The molecule has 0 spiro atoms. The van der Waals surface area contributed by atoms with Gasteiger partial charge in [0.15, 0.2) is 0 Å². The first-order valence-corrected chi connectivity index (χ1v) is 4.63. The first-order valence-electron chi connectivity index (χ1n) is 3.08. The summed E-state index contributed by atoms with van der Waals surface area (Å²) in [6.07, 6.45) is 0. The summed E-state index contributed by atoms with van der Waals surface area (Å²) in [6.45, 7) is 0. The van der Waals surface area contributed by atoms with Crippen LogP contribution in [0.5, 0.6) is 0 Å². The van der Waals surface area contributed by atoms with Crippen LogP contribution in [-0.2, 0) is 10.0 Å². The predicted molar refractivity (Wildman–Crippen MR) is 46.6 cm³/mol. The van der Waals surface area contributed by atoms with Gasteiger partial charge in [0, 0.05) is 11.4 Å². The van der Waals surface area contributed by atoms with Crippen LogP contribution in [0.2, 0.25) is 0 Å². The number of nitrogens with two attached hydrogens (primary N) is 3. The maximum atomic E-state index is 10.8. The highest BCUT2D eigenvalue weighted by atomic mass is 32.2. The summed E-state index contributed by atoms with van der Waals surface area (Å²) in [7, 11) is -3.71. The van der Waals surface area contributed by atoms with Crippen molar-refractivity contribution in [2.75, 3.05) is 11.5 Å². The molecule has 6 heteroatoms. The Labute approximate surface area is 70.2 Å². The van der Waals surface area contributed by atoms with Crippen LogP contribution in [-0.4, -0.2) is 8.42 Å². The van der Waals surface area contributed by atoms with Crippen LogP contribution in [0.1, 0.15) is 0 Å². The minimum atomic E-state index is -3.71. The molecule has 0 saturated carbocycles. The molecule has 0 bridgehead atoms. The highest BCUT2D eigenvalue weighted by molar-refractivity contribution is 7.89. The fourth-order valence-corrected chi connectivity index (χ4v) is 1.41. The molecule has 0 fully saturated rings. The van der Waals surface area contributed by atoms with Gasteiger partial charge in [0.2, 0.25) is 10.0 Å². The second-order valence-electron chi connectivity index (χ2n) is 2.38. The van der Waals surface area contributed by atoms with E-state index in [1.807, 2.05) is 0 Å². The molecule has 0 aliphatic carbocycles. The molecule has 0 aromatic heterocycles. The molecule has 0 heterocycles. The molecule has 0 atom stereocenters. The maximum Gasteiger partial charge on any atom is 0.238 e. The van der Waals surface area contributed by atoms with Crippen molar-refractivity contribution in [3.63, 3.8) is 0 Å². The van der Waals surface area contributed by atoms with Crippen LogP contribution in [0.25, 0.3) is 0 Å². The zero-order valence-corrected chi connectivity index (χ0v) is 7.01. The minimum absolute atomic E-state index is 0.0694. The molecule has 0 amide bonds. The lowest BCUT2D eigenvalue weighted by Gasteiger charge is -2.01. The van der Waals surface area contributed by atoms with E-state index in [9.17, 15) is 8.42 Å². The topological polar surface area (TPSA) is 112 Å². The fourth-order valence-electron chi connectivity index (χ4n) is 0.810. The zero-order chi connectivity index (χ0) is 9.35. The molecule has 1 aromatic rings. The molecule has 0 radical (unpaired) electrons. The SMILES string of the molecule is Nc1cc(N)cc(S(N)(=O)=O)c1. The van der Waals surface area contributed by atoms with Crippen molar-refractivity contribution >= 4 is 21.4 Å². The average molecular weight is 187 g/mol. The highest BCUT2D eigenvalue weighted by Gasteiger charge is 2.08. The lowest BCUT2D eigenvalue weighted by Crippen LogP contribution is -2.12. The van der Waals surface area contributed by atoms with E-state index in [0.29, 0.717) is 0 Å². The monoisotopic (exact) mass is 187 g/mol. The summed E-state index contributed by atoms with van der Waals surface area (Å²) in [5.41, 5.74) is 11.3. The van der Waals surface area contributed by atoms with Crippen molar-refractivity contribution < 1.29 is 8.42 Å². The smallest absolute Gasteiger partial charge is 0.238 e. The van der Waals surface area contributed by atoms with Gasteiger partial charge in [-0.05, 0) is 18.2 Å². The zero-order valence-electron chi connectivity index (χ0n) is 6.19. The van der Waals surface area contributed by atoms with Gasteiger partial charge >= 0.3 is 0 Å². The summed E-state index contributed by atoms with van der Waals surface area (Å²) < 4.78 is 21.6. The summed E-state index contributed by atoms with van der Waals surface area (Å²) in [6, 6.07) is 3.96. The van der Waals surface area contributed by atoms with Crippen molar-refractivity contribution in [2.24, 2.45) is 5.14 Å². The Kier molecular flexibility index (Phi) is 1.95. The first-order chi connectivity index (χ1) is 5.39. The van der Waals surface area contributed by atoms with E-state index in [0.717, 1.165) is 0 Å². The van der Waals surface area contributed by atoms with Gasteiger partial charge < -0.3 is 11.5 Å². The van der Waals surface area contributed by atoms with E-state index < -0.39 is 10.0 Å². The molecule has 0 aliphatic rings. The Morgan fingerprint density at radius 1 is 1.00 bits per heavy atom. The second-order valence-corrected chi connectivity index (χ2v) is 3.94. The van der Waals surface area contributed by atoms with Gasteiger partial charge in [-0.25, -0.2) is 13.6 Å². The molecule has 12 heavy (non-hydrogen) atoms. The van der Waals surface area contributed by atoms with Crippen LogP contribution in [0.3, 0.4) is 0 Å². The fraction of sp³-hybridized carbons (Fsp3) is 0. The molecule has 6 N–H and O–H groups in total. The molecule has 0 aliphatic heterocycles. The Morgan fingerprint density at radius 3 is 1.75 bits per heavy atom. The number of hydrogen-bond donors (Lipinski definition) is 3. The molecular weight excluding hydrogens is 178 g/mol. The number of primary sulfonamides is 1. The normalized spacial score (nSPS) is 11.4. The van der Waals surface area contributed by atoms with E-state index in [2.05, 4.69) is 0 Å². The van der Waals surface area contributed by atoms with Crippen LogP contribution in [0.4, 0.5) is 11.4 Å². The standard InChI is InChI=1S/C6H9N3O2S/c7-4-1-5(8)3-6(2-4)12(9,10)11/h1-3H,7-8H2,(H2,9,10,11). The Hall–Kier alpha value is -1.27. The molecule has 5 nitrogen and oxygen atoms in total. The van der Waals surface area contributed by atoms with Gasteiger partial charge in [0.1, 0.15) is 0 Å². The van der Waals surface area contributed by atoms with Gasteiger partial charge in [0.25, 0.3) is 0 Å². The third-order valence-electron chi connectivity index (χ3n) is 1.28. The van der Waals surface area contributed by atoms with Gasteiger partial charge in [-0.2, -0.15) is 0 Å². The van der Waals surface area contributed by atoms with Crippen LogP contribution in [0, 0.1) is 0 Å². The van der Waals surface area contributed by atoms with Crippen molar-refractivity contribution in [1.82, 2.24) is 0 Å². The van der Waals surface area contributed by atoms with E-state index >= 15 is 0 Å². The summed E-state index contributed by atoms with van der Waals surface area (Å²) in [5.74, 6) is 0. The van der Waals surface area contributed by atoms with Crippen molar-refractivity contribution in [1.29, 1.82) is 0 Å². The average Bonchev–Trinajstić information content (AvgIpc) is 1.82. The molecular formula is C6H9N3O2S. The first kappa shape index (κ1) is 8.82. The largest absolute Gasteiger partial charge is 0.399 e. The van der Waals surface area contributed by atoms with Gasteiger partial charge in [-0.15, -0.1) is 0 Å². The lowest BCUT2D eigenvalue weighted by molar-refractivity contribution is 0.598. The van der Waals surface area contributed by atoms with Gasteiger partial charge in [-0.1, -0.05) is 0 Å². The second kappa shape index (κ2) is 2.65. The molecule has 1 rings (SSSR count).